The lowest BCUT2D eigenvalue weighted by Crippen LogP contribution is -2.45. The van der Waals surface area contributed by atoms with Crippen molar-refractivity contribution in [3.63, 3.8) is 0 Å². The second kappa shape index (κ2) is 13.2. The highest BCUT2D eigenvalue weighted by Gasteiger charge is 2.23. The van der Waals surface area contributed by atoms with E-state index in [1.165, 1.54) is 26.0 Å². The van der Waals surface area contributed by atoms with Crippen LogP contribution in [0.2, 0.25) is 0 Å². The molecule has 0 bridgehead atoms. The quantitative estimate of drug-likeness (QED) is 0.213. The lowest BCUT2D eigenvalue weighted by molar-refractivity contribution is -0.115. The van der Waals surface area contributed by atoms with Gasteiger partial charge >= 0.3 is 6.09 Å². The fourth-order valence-corrected chi connectivity index (χ4v) is 4.01. The molecule has 202 valence electrons. The van der Waals surface area contributed by atoms with Crippen molar-refractivity contribution in [2.75, 3.05) is 0 Å². The molecule has 39 heavy (non-hydrogen) atoms. The Morgan fingerprint density at radius 3 is 2.08 bits per heavy atom. The van der Waals surface area contributed by atoms with Crippen LogP contribution < -0.4 is 11.1 Å². The summed E-state index contributed by atoms with van der Waals surface area (Å²) < 4.78 is 19.3. The van der Waals surface area contributed by atoms with E-state index in [2.05, 4.69) is 10.3 Å². The minimum absolute atomic E-state index is 0.0405. The Kier molecular flexibility index (Phi) is 9.80. The molecule has 2 atom stereocenters. The molecule has 5 N–H and O–H groups in total. The molecule has 0 aliphatic heterocycles. The molecule has 0 heterocycles. The maximum absolute atomic E-state index is 14.0. The van der Waals surface area contributed by atoms with Crippen molar-refractivity contribution in [3.8, 4) is 0 Å². The summed E-state index contributed by atoms with van der Waals surface area (Å²) in [4.78, 5) is 27.3. The van der Waals surface area contributed by atoms with Crippen molar-refractivity contribution in [2.24, 2.45) is 10.7 Å². The van der Waals surface area contributed by atoms with E-state index in [1.54, 1.807) is 31.2 Å². The zero-order valence-electron chi connectivity index (χ0n) is 22.1. The van der Waals surface area contributed by atoms with Crippen LogP contribution in [0.25, 0.3) is 0 Å². The zero-order valence-corrected chi connectivity index (χ0v) is 22.1. The number of benzene rings is 3. The first-order chi connectivity index (χ1) is 18.5. The molecule has 3 aromatic carbocycles. The van der Waals surface area contributed by atoms with Gasteiger partial charge in [0.15, 0.2) is 0 Å². The number of rotatable bonds is 10. The van der Waals surface area contributed by atoms with Crippen molar-refractivity contribution in [3.05, 3.63) is 106 Å². The third-order valence-electron chi connectivity index (χ3n) is 5.99. The summed E-state index contributed by atoms with van der Waals surface area (Å²) in [5, 5.41) is 19.2. The summed E-state index contributed by atoms with van der Waals surface area (Å²) in [5.74, 6) is -0.535. The summed E-state index contributed by atoms with van der Waals surface area (Å²) in [5.41, 5.74) is 9.72. The number of amidine groups is 1. The van der Waals surface area contributed by atoms with Crippen molar-refractivity contribution in [2.45, 2.75) is 45.8 Å². The molecule has 8 nitrogen and oxygen atoms in total. The highest BCUT2D eigenvalue weighted by molar-refractivity contribution is 6.16. The SMILES string of the molecule is CC(=N)C(NC(=O)OC(C)c1ccccc1F)C(=N)c1ccc(Cc2ccc(CC(N)=NC(C)=O)cc2)cc1. The van der Waals surface area contributed by atoms with E-state index in [4.69, 9.17) is 21.3 Å². The Morgan fingerprint density at radius 1 is 0.949 bits per heavy atom. The van der Waals surface area contributed by atoms with Crippen LogP contribution in [0.4, 0.5) is 9.18 Å². The largest absolute Gasteiger partial charge is 0.442 e. The van der Waals surface area contributed by atoms with E-state index in [0.717, 1.165) is 16.7 Å². The summed E-state index contributed by atoms with van der Waals surface area (Å²) in [6.45, 7) is 4.41. The number of nitrogens with two attached hydrogens (primary N) is 1. The molecule has 3 aromatic rings. The molecule has 0 fully saturated rings. The first kappa shape index (κ1) is 28.9. The van der Waals surface area contributed by atoms with Gasteiger partial charge in [0.25, 0.3) is 0 Å². The molecule has 2 amide bonds. The fourth-order valence-electron chi connectivity index (χ4n) is 4.01. The number of alkyl carbamates (subject to hydrolysis) is 1. The van der Waals surface area contributed by atoms with Gasteiger partial charge in [-0.1, -0.05) is 66.7 Å². The number of nitrogens with one attached hydrogen (secondary N) is 3. The summed E-state index contributed by atoms with van der Waals surface area (Å²) in [6, 6.07) is 20.2. The third-order valence-corrected chi connectivity index (χ3v) is 5.99. The Balaban J connectivity index is 1.61. The van der Waals surface area contributed by atoms with Gasteiger partial charge in [-0.2, -0.15) is 0 Å². The molecule has 3 rings (SSSR count). The lowest BCUT2D eigenvalue weighted by atomic mass is 9.97. The molecular weight excluding hydrogens is 497 g/mol. The van der Waals surface area contributed by atoms with E-state index in [1.807, 2.05) is 36.4 Å². The number of carbonyl (C=O) groups is 2. The molecule has 0 saturated heterocycles. The maximum Gasteiger partial charge on any atom is 0.408 e. The van der Waals surface area contributed by atoms with Crippen LogP contribution in [0.3, 0.4) is 0 Å². The highest BCUT2D eigenvalue weighted by atomic mass is 19.1. The van der Waals surface area contributed by atoms with Crippen LogP contribution in [0.5, 0.6) is 0 Å². The van der Waals surface area contributed by atoms with Gasteiger partial charge in [0.1, 0.15) is 23.8 Å². The molecule has 9 heteroatoms. The molecule has 0 radical (unpaired) electrons. The van der Waals surface area contributed by atoms with Gasteiger partial charge in [0.2, 0.25) is 5.91 Å². The Bertz CT molecular complexity index is 1380. The number of nitrogens with zero attached hydrogens (tertiary/aromatic N) is 1. The van der Waals surface area contributed by atoms with Crippen LogP contribution in [-0.4, -0.2) is 35.3 Å². The van der Waals surface area contributed by atoms with Crippen molar-refractivity contribution in [1.29, 1.82) is 10.8 Å². The Morgan fingerprint density at radius 2 is 1.51 bits per heavy atom. The van der Waals surface area contributed by atoms with E-state index >= 15 is 0 Å². The van der Waals surface area contributed by atoms with Gasteiger partial charge in [-0.05, 0) is 48.6 Å². The number of amides is 2. The molecule has 2 unspecified atom stereocenters. The first-order valence-corrected chi connectivity index (χ1v) is 12.4. The topological polar surface area (TPSA) is 141 Å². The van der Waals surface area contributed by atoms with Crippen molar-refractivity contribution >= 4 is 29.3 Å². The maximum atomic E-state index is 14.0. The number of halogens is 1. The van der Waals surface area contributed by atoms with E-state index in [-0.39, 0.29) is 28.7 Å². The predicted molar refractivity (Wildman–Crippen MR) is 150 cm³/mol. The van der Waals surface area contributed by atoms with Crippen LogP contribution in [-0.2, 0) is 22.4 Å². The molecule has 0 aromatic heterocycles. The van der Waals surface area contributed by atoms with Crippen LogP contribution >= 0.6 is 0 Å². The second-order valence-corrected chi connectivity index (χ2v) is 9.23. The first-order valence-electron chi connectivity index (χ1n) is 12.4. The van der Waals surface area contributed by atoms with Gasteiger partial charge < -0.3 is 26.6 Å². The monoisotopic (exact) mass is 529 g/mol. The second-order valence-electron chi connectivity index (χ2n) is 9.23. The van der Waals surface area contributed by atoms with Gasteiger partial charge in [-0.25, -0.2) is 14.2 Å². The average Bonchev–Trinajstić information content (AvgIpc) is 2.88. The number of carbonyl (C=O) groups excluding carboxylic acids is 2. The third kappa shape index (κ3) is 8.43. The standard InChI is InChI=1S/C30H32FN5O3/c1-18(32)29(36-30(38)39-19(2)25-6-4-5-7-26(25)31)28(34)24-14-12-22(13-15-24)16-21-8-10-23(11-9-21)17-27(33)35-20(3)37/h4-15,19,29,32,34H,16-17H2,1-3H3,(H,36,38)(H2,33,35,37). The van der Waals surface area contributed by atoms with Gasteiger partial charge in [-0.15, -0.1) is 0 Å². The van der Waals surface area contributed by atoms with Gasteiger partial charge in [0, 0.05) is 24.6 Å². The minimum atomic E-state index is -0.998. The van der Waals surface area contributed by atoms with Crippen LogP contribution in [0.15, 0.2) is 77.8 Å². The highest BCUT2D eigenvalue weighted by Crippen LogP contribution is 2.20. The number of aliphatic imine (C=N–C) groups is 1. The van der Waals surface area contributed by atoms with Gasteiger partial charge in [0.05, 0.1) is 5.71 Å². The van der Waals surface area contributed by atoms with Gasteiger partial charge in [-0.3, -0.25) is 4.79 Å². The molecule has 0 saturated carbocycles. The normalized spacial score (nSPS) is 12.8. The summed E-state index contributed by atoms with van der Waals surface area (Å²) >= 11 is 0. The van der Waals surface area contributed by atoms with Crippen molar-refractivity contribution in [1.82, 2.24) is 5.32 Å². The van der Waals surface area contributed by atoms with E-state index in [0.29, 0.717) is 18.4 Å². The van der Waals surface area contributed by atoms with Crippen LogP contribution in [0, 0.1) is 16.6 Å². The van der Waals surface area contributed by atoms with E-state index in [9.17, 15) is 14.0 Å². The Labute approximate surface area is 227 Å². The molecular formula is C30H32FN5O3. The predicted octanol–water partition coefficient (Wildman–Crippen LogP) is 5.13. The fraction of sp³-hybridized carbons (Fsp3) is 0.233. The summed E-state index contributed by atoms with van der Waals surface area (Å²) in [7, 11) is 0. The molecule has 0 spiro atoms. The van der Waals surface area contributed by atoms with Crippen LogP contribution in [0.1, 0.15) is 54.7 Å². The number of hydrogen-bond donors (Lipinski definition) is 4. The van der Waals surface area contributed by atoms with E-state index < -0.39 is 24.1 Å². The molecule has 0 aliphatic rings. The smallest absolute Gasteiger partial charge is 0.408 e. The van der Waals surface area contributed by atoms with Crippen molar-refractivity contribution < 1.29 is 18.7 Å². The zero-order chi connectivity index (χ0) is 28.5. The average molecular weight is 530 g/mol. The lowest BCUT2D eigenvalue weighted by Gasteiger charge is -2.21. The summed E-state index contributed by atoms with van der Waals surface area (Å²) in [6.07, 6.45) is -0.627. The number of hydrogen-bond acceptors (Lipinski definition) is 5. The molecule has 0 aliphatic carbocycles. The minimum Gasteiger partial charge on any atom is -0.442 e. The number of ether oxygens (including phenoxy) is 1. The Hall–Kier alpha value is -4.66.